The first kappa shape index (κ1) is 9.49. The molecule has 1 unspecified atom stereocenters. The Kier molecular flexibility index (Phi) is 2.17. The fourth-order valence-electron chi connectivity index (χ4n) is 0.914. The van der Waals surface area contributed by atoms with E-state index in [9.17, 15) is 12.6 Å². The van der Waals surface area contributed by atoms with Crippen molar-refractivity contribution in [3.8, 4) is 0 Å². The molecule has 0 N–H and O–H groups in total. The fourth-order valence-corrected chi connectivity index (χ4v) is 2.49. The molecule has 0 amide bonds. The molecule has 2 aliphatic rings. The molecule has 2 fully saturated rings. The second kappa shape index (κ2) is 2.97. The van der Waals surface area contributed by atoms with Gasteiger partial charge in [0.05, 0.1) is 0 Å². The third-order valence-corrected chi connectivity index (χ3v) is 3.21. The standard InChI is InChI=1S/C4H6O7S2/c5-12-8-1-4(11-12)2-9-13(6,7)10-3-4/h1-3H2. The molecule has 2 rings (SSSR count). The van der Waals surface area contributed by atoms with Crippen LogP contribution in [0.25, 0.3) is 0 Å². The van der Waals surface area contributed by atoms with Crippen LogP contribution in [0.4, 0.5) is 0 Å². The SMILES string of the molecule is O=S1OCC2(COS(=O)(=O)OC2)O1. The molecule has 1 spiro atoms. The Morgan fingerprint density at radius 2 is 1.77 bits per heavy atom. The smallest absolute Gasteiger partial charge is 0.265 e. The summed E-state index contributed by atoms with van der Waals surface area (Å²) in [4.78, 5) is 0. The number of hydrogen-bond acceptors (Lipinski definition) is 7. The lowest BCUT2D eigenvalue weighted by Gasteiger charge is -2.27. The quantitative estimate of drug-likeness (QED) is 0.508. The van der Waals surface area contributed by atoms with Crippen molar-refractivity contribution in [3.05, 3.63) is 0 Å². The van der Waals surface area contributed by atoms with E-state index in [2.05, 4.69) is 12.5 Å². The summed E-state index contributed by atoms with van der Waals surface area (Å²) in [5.41, 5.74) is -1.05. The summed E-state index contributed by atoms with van der Waals surface area (Å²) >= 11 is -1.84. The van der Waals surface area contributed by atoms with Gasteiger partial charge in [-0.2, -0.15) is 12.6 Å². The van der Waals surface area contributed by atoms with Gasteiger partial charge in [0.25, 0.3) is 0 Å². The van der Waals surface area contributed by atoms with Crippen molar-refractivity contribution in [2.45, 2.75) is 5.60 Å². The van der Waals surface area contributed by atoms with Crippen LogP contribution in [0.15, 0.2) is 0 Å². The van der Waals surface area contributed by atoms with Gasteiger partial charge < -0.3 is 0 Å². The lowest BCUT2D eigenvalue weighted by Crippen LogP contribution is -2.47. The van der Waals surface area contributed by atoms with E-state index in [1.807, 2.05) is 0 Å². The lowest BCUT2D eigenvalue weighted by atomic mass is 10.1. The third kappa shape index (κ3) is 1.90. The second-order valence-electron chi connectivity index (χ2n) is 2.67. The first-order chi connectivity index (χ1) is 6.02. The van der Waals surface area contributed by atoms with Crippen LogP contribution in [0.1, 0.15) is 0 Å². The average Bonchev–Trinajstić information content (AvgIpc) is 2.41. The fraction of sp³-hybridized carbons (Fsp3) is 1.00. The molecule has 0 aromatic rings. The van der Waals surface area contributed by atoms with Crippen LogP contribution in [0.3, 0.4) is 0 Å². The van der Waals surface area contributed by atoms with Crippen molar-refractivity contribution >= 4 is 21.8 Å². The van der Waals surface area contributed by atoms with Crippen molar-refractivity contribution in [3.63, 3.8) is 0 Å². The maximum absolute atomic E-state index is 10.7. The highest BCUT2D eigenvalue weighted by molar-refractivity contribution is 7.81. The van der Waals surface area contributed by atoms with Gasteiger partial charge in [-0.3, -0.25) is 8.37 Å². The molecule has 0 aromatic heterocycles. The summed E-state index contributed by atoms with van der Waals surface area (Å²) in [6.07, 6.45) is 0. The molecule has 2 heterocycles. The number of rotatable bonds is 0. The lowest BCUT2D eigenvalue weighted by molar-refractivity contribution is -0.0339. The van der Waals surface area contributed by atoms with E-state index in [4.69, 9.17) is 4.18 Å². The average molecular weight is 230 g/mol. The maximum atomic E-state index is 10.7. The zero-order valence-electron chi connectivity index (χ0n) is 6.30. The molecule has 2 aliphatic heterocycles. The molecule has 1 atom stereocenters. The van der Waals surface area contributed by atoms with Gasteiger partial charge >= 0.3 is 21.8 Å². The van der Waals surface area contributed by atoms with Crippen LogP contribution in [0.2, 0.25) is 0 Å². The van der Waals surface area contributed by atoms with Gasteiger partial charge in [0.1, 0.15) is 19.8 Å². The van der Waals surface area contributed by atoms with Crippen LogP contribution < -0.4 is 0 Å². The first-order valence-electron chi connectivity index (χ1n) is 3.30. The van der Waals surface area contributed by atoms with E-state index >= 15 is 0 Å². The maximum Gasteiger partial charge on any atom is 0.400 e. The zero-order valence-corrected chi connectivity index (χ0v) is 7.93. The highest BCUT2D eigenvalue weighted by Gasteiger charge is 2.47. The molecule has 76 valence electrons. The molecule has 0 bridgehead atoms. The minimum atomic E-state index is -3.90. The van der Waals surface area contributed by atoms with Crippen LogP contribution in [-0.4, -0.2) is 38.0 Å². The van der Waals surface area contributed by atoms with Gasteiger partial charge in [-0.05, 0) is 0 Å². The van der Waals surface area contributed by atoms with E-state index in [1.54, 1.807) is 0 Å². The minimum Gasteiger partial charge on any atom is -0.265 e. The summed E-state index contributed by atoms with van der Waals surface area (Å²) in [6.45, 7) is -0.475. The Hall–Kier alpha value is -0.0600. The van der Waals surface area contributed by atoms with Crippen molar-refractivity contribution in [2.24, 2.45) is 0 Å². The van der Waals surface area contributed by atoms with Crippen molar-refractivity contribution < 1.29 is 29.4 Å². The van der Waals surface area contributed by atoms with Crippen LogP contribution in [-0.2, 0) is 38.5 Å². The van der Waals surface area contributed by atoms with Gasteiger partial charge in [-0.1, -0.05) is 0 Å². The number of hydrogen-bond donors (Lipinski definition) is 0. The van der Waals surface area contributed by atoms with Gasteiger partial charge in [0, 0.05) is 0 Å². The summed E-state index contributed by atoms with van der Waals surface area (Å²) in [5.74, 6) is 0. The zero-order chi connectivity index (χ0) is 9.53. The molecule has 0 aromatic carbocycles. The third-order valence-electron chi connectivity index (χ3n) is 1.60. The Morgan fingerprint density at radius 3 is 2.23 bits per heavy atom. The summed E-state index contributed by atoms with van der Waals surface area (Å²) in [6, 6.07) is 0. The summed E-state index contributed by atoms with van der Waals surface area (Å²) in [7, 11) is -3.90. The second-order valence-corrected chi connectivity index (χ2v) is 4.76. The van der Waals surface area contributed by atoms with E-state index in [0.717, 1.165) is 0 Å². The Bertz CT molecular complexity index is 318. The van der Waals surface area contributed by atoms with E-state index in [1.165, 1.54) is 0 Å². The predicted octanol–water partition coefficient (Wildman–Crippen LogP) is -1.36. The molecule has 0 radical (unpaired) electrons. The Morgan fingerprint density at radius 1 is 1.15 bits per heavy atom. The molecular formula is C4H6O7S2. The monoisotopic (exact) mass is 230 g/mol. The van der Waals surface area contributed by atoms with E-state index in [-0.39, 0.29) is 19.8 Å². The summed E-state index contributed by atoms with van der Waals surface area (Å²) < 4.78 is 50.1. The molecule has 2 saturated heterocycles. The molecule has 7 nitrogen and oxygen atoms in total. The Labute approximate surface area is 77.1 Å². The summed E-state index contributed by atoms with van der Waals surface area (Å²) in [5, 5.41) is 0. The predicted molar refractivity (Wildman–Crippen MR) is 38.7 cm³/mol. The normalized spacial score (nSPS) is 36.5. The van der Waals surface area contributed by atoms with Gasteiger partial charge in [-0.15, -0.1) is 0 Å². The van der Waals surface area contributed by atoms with Crippen molar-refractivity contribution in [2.75, 3.05) is 19.8 Å². The minimum absolute atomic E-state index is 0.00483. The van der Waals surface area contributed by atoms with Crippen LogP contribution >= 0.6 is 0 Å². The highest BCUT2D eigenvalue weighted by Crippen LogP contribution is 2.27. The van der Waals surface area contributed by atoms with Crippen molar-refractivity contribution in [1.29, 1.82) is 0 Å². The van der Waals surface area contributed by atoms with Gasteiger partial charge in [0.2, 0.25) is 0 Å². The van der Waals surface area contributed by atoms with Crippen LogP contribution in [0, 0.1) is 0 Å². The van der Waals surface area contributed by atoms with Crippen molar-refractivity contribution in [1.82, 2.24) is 0 Å². The molecular weight excluding hydrogens is 224 g/mol. The van der Waals surface area contributed by atoms with E-state index < -0.39 is 27.4 Å². The Balaban J connectivity index is 2.09. The molecule has 0 aliphatic carbocycles. The topological polar surface area (TPSA) is 88.1 Å². The largest absolute Gasteiger partial charge is 0.400 e. The first-order valence-corrected chi connectivity index (χ1v) is 5.63. The van der Waals surface area contributed by atoms with Crippen LogP contribution in [0.5, 0.6) is 0 Å². The molecule has 9 heteroatoms. The highest BCUT2D eigenvalue weighted by atomic mass is 32.3. The van der Waals surface area contributed by atoms with Gasteiger partial charge in [0.15, 0.2) is 5.60 Å². The van der Waals surface area contributed by atoms with E-state index in [0.29, 0.717) is 0 Å². The van der Waals surface area contributed by atoms with Gasteiger partial charge in [-0.25, -0.2) is 8.37 Å². The molecule has 0 saturated carbocycles. The molecule has 13 heavy (non-hydrogen) atoms.